The van der Waals surface area contributed by atoms with Crippen molar-refractivity contribution in [2.45, 2.75) is 46.0 Å². The summed E-state index contributed by atoms with van der Waals surface area (Å²) in [5.41, 5.74) is 4.12. The normalized spacial score (nSPS) is 21.3. The predicted molar refractivity (Wildman–Crippen MR) is 121 cm³/mol. The quantitative estimate of drug-likeness (QED) is 0.732. The number of hydrogen-bond donors (Lipinski definition) is 0. The second kappa shape index (κ2) is 7.27. The van der Waals surface area contributed by atoms with E-state index in [1.54, 1.807) is 0 Å². The molecule has 1 atom stereocenters. The van der Waals surface area contributed by atoms with Crippen LogP contribution in [0.25, 0.3) is 0 Å². The van der Waals surface area contributed by atoms with Crippen LogP contribution in [0.2, 0.25) is 0 Å². The molecule has 0 N–H and O–H groups in total. The number of anilines is 2. The van der Waals surface area contributed by atoms with E-state index < -0.39 is 5.92 Å². The summed E-state index contributed by atoms with van der Waals surface area (Å²) < 4.78 is 0. The summed E-state index contributed by atoms with van der Waals surface area (Å²) in [5, 5.41) is 13.9. The van der Waals surface area contributed by atoms with Crippen LogP contribution in [0.4, 0.5) is 10.8 Å². The van der Waals surface area contributed by atoms with Crippen LogP contribution < -0.4 is 14.9 Å². The summed E-state index contributed by atoms with van der Waals surface area (Å²) in [5.74, 6) is -0.883. The number of likely N-dealkylation sites (N-methyl/N-ethyl adjacent to an activating group) is 1. The number of Topliss-reactive ketones (excluding diaryl/α,β-unsaturated/α-hetero) is 1. The fourth-order valence-corrected chi connectivity index (χ4v) is 5.83. The summed E-state index contributed by atoms with van der Waals surface area (Å²) in [4.78, 5) is 22.7. The van der Waals surface area contributed by atoms with Gasteiger partial charge in [0.05, 0.1) is 11.6 Å². The number of hydrogen-bond acceptors (Lipinski definition) is 6. The zero-order chi connectivity index (χ0) is 21.8. The highest BCUT2D eigenvalue weighted by Gasteiger charge is 2.41. The number of benzene rings is 1. The van der Waals surface area contributed by atoms with Gasteiger partial charge in [0.1, 0.15) is 0 Å². The predicted octanol–water partition coefficient (Wildman–Crippen LogP) is 3.89. The minimum absolute atomic E-state index is 0.0921. The van der Waals surface area contributed by atoms with Crippen LogP contribution in [-0.4, -0.2) is 30.9 Å². The van der Waals surface area contributed by atoms with Gasteiger partial charge < -0.3 is 14.9 Å². The Hall–Kier alpha value is -2.60. The number of aromatic nitrogens is 1. The van der Waals surface area contributed by atoms with Gasteiger partial charge in [-0.2, -0.15) is 0 Å². The van der Waals surface area contributed by atoms with Gasteiger partial charge in [0.2, 0.25) is 0 Å². The zero-order valence-corrected chi connectivity index (χ0v) is 19.3. The topological polar surface area (TPSA) is 59.5 Å². The standard InChI is InChI=1S/C24H29N3O2S/c1-7-27(8-2)23-25-14(3)22(30-23)19-20(28)15(21(19)29)13-18-24(4,5)16-11-9-10-12-17(16)26(18)6/h9-13,19,28H,7-8H2,1-6H3/p-1/b18-13-. The molecule has 4 rings (SSSR count). The Morgan fingerprint density at radius 3 is 2.53 bits per heavy atom. The lowest BCUT2D eigenvalue weighted by molar-refractivity contribution is -0.313. The van der Waals surface area contributed by atoms with Crippen LogP contribution in [0.5, 0.6) is 0 Å². The van der Waals surface area contributed by atoms with Gasteiger partial charge in [-0.3, -0.25) is 4.79 Å². The number of carbonyl (C=O) groups is 1. The van der Waals surface area contributed by atoms with Crippen LogP contribution in [0.3, 0.4) is 0 Å². The van der Waals surface area contributed by atoms with E-state index >= 15 is 0 Å². The number of ketones is 1. The Morgan fingerprint density at radius 1 is 1.27 bits per heavy atom. The average molecular weight is 423 g/mol. The molecule has 1 aromatic carbocycles. The van der Waals surface area contributed by atoms with Crippen molar-refractivity contribution in [2.75, 3.05) is 29.9 Å². The van der Waals surface area contributed by atoms with Crippen molar-refractivity contribution in [3.63, 3.8) is 0 Å². The molecule has 2 heterocycles. The fraction of sp³-hybridized carbons (Fsp3) is 0.417. The Balaban J connectivity index is 1.70. The molecule has 2 aliphatic rings. The second-order valence-corrected chi connectivity index (χ2v) is 9.43. The summed E-state index contributed by atoms with van der Waals surface area (Å²) in [6.45, 7) is 12.0. The van der Waals surface area contributed by atoms with E-state index in [-0.39, 0.29) is 17.0 Å². The Kier molecular flexibility index (Phi) is 5.01. The van der Waals surface area contributed by atoms with E-state index in [1.807, 2.05) is 32.2 Å². The lowest BCUT2D eigenvalue weighted by Crippen LogP contribution is -2.36. The summed E-state index contributed by atoms with van der Waals surface area (Å²) in [6.07, 6.45) is 1.81. The van der Waals surface area contributed by atoms with Crippen molar-refractivity contribution in [1.29, 1.82) is 0 Å². The summed E-state index contributed by atoms with van der Waals surface area (Å²) in [6, 6.07) is 8.22. The van der Waals surface area contributed by atoms with E-state index in [1.165, 1.54) is 16.9 Å². The molecule has 0 fully saturated rings. The molecular formula is C24H28N3O2S-. The molecule has 0 spiro atoms. The fourth-order valence-electron chi connectivity index (χ4n) is 4.54. The molecule has 30 heavy (non-hydrogen) atoms. The van der Waals surface area contributed by atoms with Crippen molar-refractivity contribution in [2.24, 2.45) is 0 Å². The zero-order valence-electron chi connectivity index (χ0n) is 18.4. The van der Waals surface area contributed by atoms with Gasteiger partial charge in [-0.05, 0) is 38.5 Å². The Labute approximate surface area is 182 Å². The highest BCUT2D eigenvalue weighted by molar-refractivity contribution is 7.16. The molecule has 5 nitrogen and oxygen atoms in total. The highest BCUT2D eigenvalue weighted by Crippen LogP contribution is 2.49. The van der Waals surface area contributed by atoms with Gasteiger partial charge in [0.25, 0.3) is 0 Å². The molecule has 1 aromatic heterocycles. The molecule has 1 unspecified atom stereocenters. The first-order valence-electron chi connectivity index (χ1n) is 10.4. The number of allylic oxidation sites excluding steroid dienone is 4. The van der Waals surface area contributed by atoms with Gasteiger partial charge in [-0.1, -0.05) is 32.0 Å². The van der Waals surface area contributed by atoms with Gasteiger partial charge in [0.15, 0.2) is 10.9 Å². The molecule has 1 aliphatic heterocycles. The third kappa shape index (κ3) is 2.88. The third-order valence-corrected chi connectivity index (χ3v) is 7.68. The molecular weight excluding hydrogens is 394 g/mol. The van der Waals surface area contributed by atoms with E-state index in [9.17, 15) is 9.90 Å². The number of thiazole rings is 1. The number of para-hydroxylation sites is 1. The average Bonchev–Trinajstić information content (AvgIpc) is 3.17. The Morgan fingerprint density at radius 2 is 1.93 bits per heavy atom. The minimum atomic E-state index is -0.698. The number of nitrogens with zero attached hydrogens (tertiary/aromatic N) is 3. The molecule has 0 radical (unpaired) electrons. The minimum Gasteiger partial charge on any atom is -0.874 e. The molecule has 6 heteroatoms. The van der Waals surface area contributed by atoms with E-state index in [4.69, 9.17) is 0 Å². The SMILES string of the molecule is CCN(CC)c1nc(C)c(C2C(=O)C(/C=C3\N(C)c4ccccc4C3(C)C)=C2[O-])s1. The monoisotopic (exact) mass is 422 g/mol. The number of carbonyl (C=O) groups excluding carboxylic acids is 1. The van der Waals surface area contributed by atoms with Gasteiger partial charge in [-0.25, -0.2) is 4.98 Å². The molecule has 0 saturated heterocycles. The van der Waals surface area contributed by atoms with Crippen LogP contribution in [-0.2, 0) is 10.2 Å². The summed E-state index contributed by atoms with van der Waals surface area (Å²) in [7, 11) is 1.99. The highest BCUT2D eigenvalue weighted by atomic mass is 32.1. The van der Waals surface area contributed by atoms with Crippen LogP contribution >= 0.6 is 11.3 Å². The second-order valence-electron chi connectivity index (χ2n) is 8.42. The largest absolute Gasteiger partial charge is 0.874 e. The first kappa shape index (κ1) is 20.7. The molecule has 1 aliphatic carbocycles. The number of fused-ring (bicyclic) bond motifs is 1. The van der Waals surface area contributed by atoms with Crippen LogP contribution in [0.1, 0.15) is 49.7 Å². The van der Waals surface area contributed by atoms with Gasteiger partial charge in [-0.15, -0.1) is 17.1 Å². The van der Waals surface area contributed by atoms with Crippen molar-refractivity contribution >= 4 is 27.9 Å². The lowest BCUT2D eigenvalue weighted by atomic mass is 9.77. The first-order chi connectivity index (χ1) is 14.2. The van der Waals surface area contributed by atoms with E-state index in [0.717, 1.165) is 40.2 Å². The van der Waals surface area contributed by atoms with Crippen molar-refractivity contribution in [3.05, 3.63) is 63.5 Å². The van der Waals surface area contributed by atoms with Crippen molar-refractivity contribution in [3.8, 4) is 0 Å². The van der Waals surface area contributed by atoms with E-state index in [0.29, 0.717) is 5.57 Å². The maximum absolute atomic E-state index is 13.1. The maximum Gasteiger partial charge on any atom is 0.185 e. The first-order valence-corrected chi connectivity index (χ1v) is 11.3. The third-order valence-electron chi connectivity index (χ3n) is 6.39. The summed E-state index contributed by atoms with van der Waals surface area (Å²) >= 11 is 1.47. The maximum atomic E-state index is 13.1. The van der Waals surface area contributed by atoms with Gasteiger partial charge >= 0.3 is 0 Å². The molecule has 0 amide bonds. The van der Waals surface area contributed by atoms with Crippen LogP contribution in [0, 0.1) is 6.92 Å². The molecule has 0 saturated carbocycles. The van der Waals surface area contributed by atoms with Gasteiger partial charge in [0, 0.05) is 47.4 Å². The van der Waals surface area contributed by atoms with Crippen molar-refractivity contribution in [1.82, 2.24) is 4.98 Å². The smallest absolute Gasteiger partial charge is 0.185 e. The van der Waals surface area contributed by atoms with Crippen LogP contribution in [0.15, 0.2) is 47.4 Å². The van der Waals surface area contributed by atoms with Crippen molar-refractivity contribution < 1.29 is 9.90 Å². The molecule has 0 bridgehead atoms. The number of aryl methyl sites for hydroxylation is 1. The Bertz CT molecular complexity index is 1080. The molecule has 158 valence electrons. The molecule has 2 aromatic rings. The number of rotatable bonds is 5. The lowest BCUT2D eigenvalue weighted by Gasteiger charge is -2.36. The van der Waals surface area contributed by atoms with E-state index in [2.05, 4.69) is 54.6 Å².